The summed E-state index contributed by atoms with van der Waals surface area (Å²) in [4.78, 5) is 11.7. The zero-order valence-corrected chi connectivity index (χ0v) is 12.5. The Labute approximate surface area is 117 Å². The van der Waals surface area contributed by atoms with Crippen molar-refractivity contribution in [2.45, 2.75) is 64.9 Å². The third-order valence-electron chi connectivity index (χ3n) is 3.93. The SMILES string of the molecule is CC(C)(CCN)CCC(=O)NCCOC1CCCC1. The van der Waals surface area contributed by atoms with Crippen LogP contribution < -0.4 is 11.1 Å². The molecule has 1 aliphatic rings. The van der Waals surface area contributed by atoms with Crippen molar-refractivity contribution in [3.05, 3.63) is 0 Å². The summed E-state index contributed by atoms with van der Waals surface area (Å²) in [6.07, 6.45) is 7.80. The van der Waals surface area contributed by atoms with Crippen molar-refractivity contribution >= 4 is 5.91 Å². The summed E-state index contributed by atoms with van der Waals surface area (Å²) in [6.45, 7) is 6.28. The predicted molar refractivity (Wildman–Crippen MR) is 77.9 cm³/mol. The highest BCUT2D eigenvalue weighted by molar-refractivity contribution is 5.75. The highest BCUT2D eigenvalue weighted by Crippen LogP contribution is 2.25. The standard InChI is InChI=1S/C15H30N2O2/c1-15(2,9-10-16)8-7-14(18)17-11-12-19-13-5-3-4-6-13/h13H,3-12,16H2,1-2H3,(H,17,18). The topological polar surface area (TPSA) is 64.4 Å². The molecule has 1 aliphatic carbocycles. The van der Waals surface area contributed by atoms with E-state index < -0.39 is 0 Å². The highest BCUT2D eigenvalue weighted by Gasteiger charge is 2.18. The number of hydrogen-bond donors (Lipinski definition) is 2. The molecule has 0 bridgehead atoms. The molecule has 1 rings (SSSR count). The van der Waals surface area contributed by atoms with Crippen LogP contribution in [-0.4, -0.2) is 31.7 Å². The summed E-state index contributed by atoms with van der Waals surface area (Å²) in [7, 11) is 0. The molecule has 4 heteroatoms. The van der Waals surface area contributed by atoms with Crippen LogP contribution in [0.1, 0.15) is 58.8 Å². The van der Waals surface area contributed by atoms with Crippen LogP contribution in [0.15, 0.2) is 0 Å². The lowest BCUT2D eigenvalue weighted by atomic mass is 9.84. The lowest BCUT2D eigenvalue weighted by Crippen LogP contribution is -2.29. The average molecular weight is 270 g/mol. The van der Waals surface area contributed by atoms with Gasteiger partial charge >= 0.3 is 0 Å². The van der Waals surface area contributed by atoms with E-state index in [-0.39, 0.29) is 11.3 Å². The van der Waals surface area contributed by atoms with Crippen LogP contribution in [0.5, 0.6) is 0 Å². The van der Waals surface area contributed by atoms with Gasteiger partial charge in [0.05, 0.1) is 12.7 Å². The maximum Gasteiger partial charge on any atom is 0.220 e. The zero-order valence-electron chi connectivity index (χ0n) is 12.5. The Kier molecular flexibility index (Phi) is 7.39. The van der Waals surface area contributed by atoms with Crippen LogP contribution in [0.2, 0.25) is 0 Å². The van der Waals surface area contributed by atoms with Gasteiger partial charge in [-0.05, 0) is 37.6 Å². The van der Waals surface area contributed by atoms with E-state index in [1.165, 1.54) is 25.7 Å². The summed E-state index contributed by atoms with van der Waals surface area (Å²) >= 11 is 0. The van der Waals surface area contributed by atoms with Gasteiger partial charge in [-0.3, -0.25) is 4.79 Å². The summed E-state index contributed by atoms with van der Waals surface area (Å²) < 4.78 is 5.71. The summed E-state index contributed by atoms with van der Waals surface area (Å²) in [5.41, 5.74) is 5.72. The Balaban J connectivity index is 2.01. The van der Waals surface area contributed by atoms with Crippen LogP contribution in [0.25, 0.3) is 0 Å². The number of hydrogen-bond acceptors (Lipinski definition) is 3. The van der Waals surface area contributed by atoms with E-state index in [2.05, 4.69) is 19.2 Å². The number of carbonyl (C=O) groups excluding carboxylic acids is 1. The fourth-order valence-electron chi connectivity index (χ4n) is 2.53. The number of rotatable bonds is 9. The van der Waals surface area contributed by atoms with Crippen molar-refractivity contribution < 1.29 is 9.53 Å². The van der Waals surface area contributed by atoms with Crippen molar-refractivity contribution in [2.24, 2.45) is 11.1 Å². The number of nitrogens with two attached hydrogens (primary N) is 1. The third-order valence-corrected chi connectivity index (χ3v) is 3.93. The molecule has 0 atom stereocenters. The van der Waals surface area contributed by atoms with Crippen LogP contribution in [0.3, 0.4) is 0 Å². The van der Waals surface area contributed by atoms with Crippen molar-refractivity contribution in [3.8, 4) is 0 Å². The van der Waals surface area contributed by atoms with Gasteiger partial charge in [0, 0.05) is 13.0 Å². The maximum atomic E-state index is 11.7. The third kappa shape index (κ3) is 7.53. The Morgan fingerprint density at radius 3 is 2.63 bits per heavy atom. The van der Waals surface area contributed by atoms with Gasteiger partial charge in [0.15, 0.2) is 0 Å². The first-order valence-corrected chi connectivity index (χ1v) is 7.62. The molecule has 0 heterocycles. The first-order chi connectivity index (χ1) is 9.03. The largest absolute Gasteiger partial charge is 0.376 e. The van der Waals surface area contributed by atoms with Crippen LogP contribution in [0, 0.1) is 5.41 Å². The average Bonchev–Trinajstić information content (AvgIpc) is 2.85. The Morgan fingerprint density at radius 2 is 2.00 bits per heavy atom. The molecule has 1 amide bonds. The van der Waals surface area contributed by atoms with Crippen LogP contribution >= 0.6 is 0 Å². The lowest BCUT2D eigenvalue weighted by molar-refractivity contribution is -0.122. The summed E-state index contributed by atoms with van der Waals surface area (Å²) in [5.74, 6) is 0.125. The fourth-order valence-corrected chi connectivity index (χ4v) is 2.53. The number of ether oxygens (including phenoxy) is 1. The molecule has 3 N–H and O–H groups in total. The Morgan fingerprint density at radius 1 is 1.32 bits per heavy atom. The van der Waals surface area contributed by atoms with E-state index in [0.29, 0.717) is 32.2 Å². The molecular weight excluding hydrogens is 240 g/mol. The molecular formula is C15H30N2O2. The van der Waals surface area contributed by atoms with E-state index in [4.69, 9.17) is 10.5 Å². The molecule has 0 aromatic carbocycles. The van der Waals surface area contributed by atoms with Gasteiger partial charge in [0.25, 0.3) is 0 Å². The van der Waals surface area contributed by atoms with Gasteiger partial charge in [0.2, 0.25) is 5.91 Å². The van der Waals surface area contributed by atoms with E-state index in [1.807, 2.05) is 0 Å². The number of carbonyl (C=O) groups is 1. The highest BCUT2D eigenvalue weighted by atomic mass is 16.5. The van der Waals surface area contributed by atoms with Crippen molar-refractivity contribution in [2.75, 3.05) is 19.7 Å². The smallest absolute Gasteiger partial charge is 0.220 e. The molecule has 0 aromatic rings. The van der Waals surface area contributed by atoms with E-state index >= 15 is 0 Å². The van der Waals surface area contributed by atoms with Crippen LogP contribution in [-0.2, 0) is 9.53 Å². The Bertz CT molecular complexity index is 261. The second kappa shape index (κ2) is 8.54. The molecule has 0 unspecified atom stereocenters. The van der Waals surface area contributed by atoms with E-state index in [1.54, 1.807) is 0 Å². The Hall–Kier alpha value is -0.610. The van der Waals surface area contributed by atoms with Crippen molar-refractivity contribution in [1.29, 1.82) is 0 Å². The van der Waals surface area contributed by atoms with Gasteiger partial charge in [-0.25, -0.2) is 0 Å². The molecule has 112 valence electrons. The summed E-state index contributed by atoms with van der Waals surface area (Å²) in [5, 5.41) is 2.93. The van der Waals surface area contributed by atoms with Crippen LogP contribution in [0.4, 0.5) is 0 Å². The van der Waals surface area contributed by atoms with Gasteiger partial charge < -0.3 is 15.8 Å². The molecule has 0 spiro atoms. The fraction of sp³-hybridized carbons (Fsp3) is 0.933. The van der Waals surface area contributed by atoms with Gasteiger partial charge in [0.1, 0.15) is 0 Å². The zero-order chi connectivity index (χ0) is 14.1. The normalized spacial score (nSPS) is 16.8. The van der Waals surface area contributed by atoms with Gasteiger partial charge in [-0.2, -0.15) is 0 Å². The van der Waals surface area contributed by atoms with Gasteiger partial charge in [-0.15, -0.1) is 0 Å². The molecule has 0 radical (unpaired) electrons. The molecule has 19 heavy (non-hydrogen) atoms. The minimum atomic E-state index is 0.125. The molecule has 0 aromatic heterocycles. The minimum absolute atomic E-state index is 0.125. The number of nitrogens with one attached hydrogen (secondary N) is 1. The predicted octanol–water partition coefficient (Wildman–Crippen LogP) is 2.22. The number of amides is 1. The van der Waals surface area contributed by atoms with Crippen molar-refractivity contribution in [1.82, 2.24) is 5.32 Å². The molecule has 0 aliphatic heterocycles. The van der Waals surface area contributed by atoms with E-state index in [0.717, 1.165) is 12.8 Å². The molecule has 0 saturated heterocycles. The second-order valence-electron chi connectivity index (χ2n) is 6.33. The molecule has 1 saturated carbocycles. The maximum absolute atomic E-state index is 11.7. The summed E-state index contributed by atoms with van der Waals surface area (Å²) in [6, 6.07) is 0. The van der Waals surface area contributed by atoms with E-state index in [9.17, 15) is 4.79 Å². The molecule has 1 fully saturated rings. The second-order valence-corrected chi connectivity index (χ2v) is 6.33. The molecule has 4 nitrogen and oxygen atoms in total. The quantitative estimate of drug-likeness (QED) is 0.631. The first-order valence-electron chi connectivity index (χ1n) is 7.62. The monoisotopic (exact) mass is 270 g/mol. The minimum Gasteiger partial charge on any atom is -0.376 e. The van der Waals surface area contributed by atoms with Gasteiger partial charge in [-0.1, -0.05) is 26.7 Å². The lowest BCUT2D eigenvalue weighted by Gasteiger charge is -2.23. The first kappa shape index (κ1) is 16.4. The van der Waals surface area contributed by atoms with Crippen molar-refractivity contribution in [3.63, 3.8) is 0 Å².